The van der Waals surface area contributed by atoms with Gasteiger partial charge in [0.1, 0.15) is 5.75 Å². The van der Waals surface area contributed by atoms with Gasteiger partial charge in [0.05, 0.1) is 0 Å². The van der Waals surface area contributed by atoms with E-state index in [1.807, 2.05) is 19.9 Å². The third kappa shape index (κ3) is 7.27. The van der Waals surface area contributed by atoms with Crippen molar-refractivity contribution < 1.29 is 52.2 Å². The maximum Gasteiger partial charge on any atom is 0.254 e. The molecule has 3 rings (SSSR count). The van der Waals surface area contributed by atoms with Crippen LogP contribution in [0, 0.1) is 6.92 Å². The van der Waals surface area contributed by atoms with Gasteiger partial charge in [0.2, 0.25) is 12.3 Å². The molecule has 3 amide bonds. The van der Waals surface area contributed by atoms with E-state index in [9.17, 15) is 19.5 Å². The standard InChI is InChI=1S/C15H18N3O4.C7H7ClN.Y/c1-9(2-3-14(21)17-8-19)18-7-11-4-10(6-16)13(20)5-12(11)15(18)22;1-5-2-3-6(9)4-7(5)8;/h4-5,8-9,16,20H,2-3,6-7H2,1H3,(H,17,19,21);2-4,9H,1H3;/q2*-1;. The average molecular weight is 534 g/mol. The quantitative estimate of drug-likeness (QED) is 0.522. The van der Waals surface area contributed by atoms with Crippen LogP contribution in [0.3, 0.4) is 0 Å². The van der Waals surface area contributed by atoms with Crippen LogP contribution >= 0.6 is 11.6 Å². The Labute approximate surface area is 217 Å². The van der Waals surface area contributed by atoms with Crippen molar-refractivity contribution in [2.75, 3.05) is 0 Å². The molecule has 0 saturated heterocycles. The Morgan fingerprint density at radius 1 is 1.34 bits per heavy atom. The predicted molar refractivity (Wildman–Crippen MR) is 119 cm³/mol. The van der Waals surface area contributed by atoms with Crippen molar-refractivity contribution in [3.8, 4) is 5.75 Å². The molecule has 0 aromatic heterocycles. The van der Waals surface area contributed by atoms with Crippen LogP contribution < -0.4 is 5.32 Å². The zero-order valence-corrected chi connectivity index (χ0v) is 21.5. The minimum absolute atomic E-state index is 0. The van der Waals surface area contributed by atoms with Gasteiger partial charge in [-0.15, -0.1) is 12.2 Å². The van der Waals surface area contributed by atoms with Crippen LogP contribution in [-0.4, -0.2) is 34.3 Å². The van der Waals surface area contributed by atoms with Crippen LogP contribution in [0.2, 0.25) is 5.02 Å². The van der Waals surface area contributed by atoms with Crippen LogP contribution in [0.15, 0.2) is 30.3 Å². The first-order chi connectivity index (χ1) is 14.7. The summed E-state index contributed by atoms with van der Waals surface area (Å²) in [5.74, 6) is -0.604. The summed E-state index contributed by atoms with van der Waals surface area (Å²) < 4.78 is 0. The molecule has 1 aliphatic heterocycles. The van der Waals surface area contributed by atoms with Gasteiger partial charge in [-0.3, -0.25) is 19.7 Å². The minimum atomic E-state index is -0.375. The number of rotatable bonds is 6. The summed E-state index contributed by atoms with van der Waals surface area (Å²) in [6.07, 6.45) is 0.939. The molecule has 0 aliphatic carbocycles. The van der Waals surface area contributed by atoms with Gasteiger partial charge in [0.25, 0.3) is 5.91 Å². The number of nitrogens with one attached hydrogen (secondary N) is 3. The number of nitrogens with zero attached hydrogens (tertiary/aromatic N) is 1. The van der Waals surface area contributed by atoms with Crippen molar-refractivity contribution in [3.63, 3.8) is 0 Å². The second-order valence-electron chi connectivity index (χ2n) is 7.28. The molecule has 0 fully saturated rings. The van der Waals surface area contributed by atoms with Gasteiger partial charge in [0, 0.05) is 62.3 Å². The molecule has 0 spiro atoms. The van der Waals surface area contributed by atoms with E-state index in [1.54, 1.807) is 23.1 Å². The second kappa shape index (κ2) is 12.9. The molecule has 10 heteroatoms. The zero-order valence-electron chi connectivity index (χ0n) is 17.9. The number of amides is 3. The second-order valence-corrected chi connectivity index (χ2v) is 7.69. The Morgan fingerprint density at radius 3 is 2.59 bits per heavy atom. The minimum Gasteiger partial charge on any atom is -0.699 e. The van der Waals surface area contributed by atoms with Gasteiger partial charge < -0.3 is 21.5 Å². The first-order valence-corrected chi connectivity index (χ1v) is 10.1. The van der Waals surface area contributed by atoms with Gasteiger partial charge in [0.15, 0.2) is 0 Å². The maximum atomic E-state index is 12.4. The number of fused-ring (bicyclic) bond motifs is 1. The molecule has 0 saturated carbocycles. The number of aromatic hydroxyl groups is 1. The van der Waals surface area contributed by atoms with E-state index in [2.05, 4.69) is 5.32 Å². The largest absolute Gasteiger partial charge is 0.699 e. The van der Waals surface area contributed by atoms with E-state index in [0.717, 1.165) is 11.1 Å². The molecule has 0 bridgehead atoms. The third-order valence-electron chi connectivity index (χ3n) is 5.04. The monoisotopic (exact) mass is 533 g/mol. The van der Waals surface area contributed by atoms with Crippen molar-refractivity contribution in [1.29, 1.82) is 0 Å². The van der Waals surface area contributed by atoms with E-state index in [0.29, 0.717) is 41.2 Å². The molecule has 1 atom stereocenters. The third-order valence-corrected chi connectivity index (χ3v) is 5.45. The molecule has 32 heavy (non-hydrogen) atoms. The fourth-order valence-electron chi connectivity index (χ4n) is 3.15. The number of aryl methyl sites for hydroxylation is 1. The number of phenols is 1. The summed E-state index contributed by atoms with van der Waals surface area (Å²) in [5, 5.41) is 12.5. The van der Waals surface area contributed by atoms with E-state index in [4.69, 9.17) is 23.1 Å². The summed E-state index contributed by atoms with van der Waals surface area (Å²) in [4.78, 5) is 35.5. The number of phenolic OH excluding ortho intramolecular Hbond substituents is 1. The van der Waals surface area contributed by atoms with Crippen molar-refractivity contribution in [3.05, 3.63) is 69.1 Å². The fourth-order valence-corrected chi connectivity index (χ4v) is 3.33. The van der Waals surface area contributed by atoms with Gasteiger partial charge in [-0.25, -0.2) is 0 Å². The number of halogens is 1. The number of carbonyl (C=O) groups excluding carboxylic acids is 3. The number of hydrogen-bond donors (Lipinski definition) is 2. The summed E-state index contributed by atoms with van der Waals surface area (Å²) in [5.41, 5.74) is 17.7. The molecule has 1 unspecified atom stereocenters. The molecular formula is C22H25ClN4O4Y-2. The summed E-state index contributed by atoms with van der Waals surface area (Å²) in [6.45, 7) is 4.11. The molecule has 1 heterocycles. The van der Waals surface area contributed by atoms with Crippen LogP contribution in [0.4, 0.5) is 5.69 Å². The van der Waals surface area contributed by atoms with E-state index < -0.39 is 0 Å². The van der Waals surface area contributed by atoms with Crippen LogP contribution in [-0.2, 0) is 55.4 Å². The SMILES string of the molecule is CC(CCC(=O)NC=O)N1Cc2cc(C[NH-])c(O)cc2C1=O.Cc1ccc([NH-])cc1Cl.[Y]. The first-order valence-electron chi connectivity index (χ1n) is 9.69. The number of imide groups is 1. The van der Waals surface area contributed by atoms with Crippen molar-refractivity contribution in [1.82, 2.24) is 10.2 Å². The van der Waals surface area contributed by atoms with Gasteiger partial charge in [-0.1, -0.05) is 35.9 Å². The Bertz CT molecular complexity index is 987. The van der Waals surface area contributed by atoms with E-state index in [1.165, 1.54) is 6.07 Å². The van der Waals surface area contributed by atoms with Gasteiger partial charge in [-0.05, 0) is 43.0 Å². The molecule has 2 aromatic carbocycles. The molecule has 1 radical (unpaired) electrons. The molecular weight excluding hydrogens is 509 g/mol. The topological polar surface area (TPSA) is 134 Å². The molecule has 169 valence electrons. The molecule has 1 aliphatic rings. The molecule has 2 aromatic rings. The Kier molecular flexibility index (Phi) is 11.3. The summed E-state index contributed by atoms with van der Waals surface area (Å²) in [7, 11) is 0. The Balaban J connectivity index is 0.000000431. The average Bonchev–Trinajstić information content (AvgIpc) is 3.05. The number of benzene rings is 2. The van der Waals surface area contributed by atoms with Crippen molar-refractivity contribution in [2.45, 2.75) is 45.8 Å². The number of hydrogen-bond acceptors (Lipinski definition) is 4. The Morgan fingerprint density at radius 2 is 2.03 bits per heavy atom. The normalized spacial score (nSPS) is 12.8. The first kappa shape index (κ1) is 28.0. The van der Waals surface area contributed by atoms with Crippen molar-refractivity contribution >= 4 is 35.5 Å². The Hall–Kier alpha value is -2.00. The molecule has 4 N–H and O–H groups in total. The van der Waals surface area contributed by atoms with Crippen molar-refractivity contribution in [2.24, 2.45) is 0 Å². The van der Waals surface area contributed by atoms with Gasteiger partial charge in [-0.2, -0.15) is 0 Å². The zero-order chi connectivity index (χ0) is 23.1. The smallest absolute Gasteiger partial charge is 0.254 e. The predicted octanol–water partition coefficient (Wildman–Crippen LogP) is 4.67. The fraction of sp³-hybridized carbons (Fsp3) is 0.318. The van der Waals surface area contributed by atoms with Gasteiger partial charge >= 0.3 is 0 Å². The maximum absolute atomic E-state index is 12.4. The van der Waals surface area contributed by atoms with E-state index >= 15 is 0 Å². The molecule has 8 nitrogen and oxygen atoms in total. The van der Waals surface area contributed by atoms with E-state index in [-0.39, 0.29) is 69.3 Å². The number of carbonyl (C=O) groups is 3. The van der Waals surface area contributed by atoms with Crippen LogP contribution in [0.25, 0.3) is 11.5 Å². The van der Waals surface area contributed by atoms with Crippen LogP contribution in [0.5, 0.6) is 5.75 Å². The summed E-state index contributed by atoms with van der Waals surface area (Å²) in [6, 6.07) is 8.12. The summed E-state index contributed by atoms with van der Waals surface area (Å²) >= 11 is 5.69. The van der Waals surface area contributed by atoms with Crippen LogP contribution in [0.1, 0.15) is 46.8 Å².